The van der Waals surface area contributed by atoms with Gasteiger partial charge in [0.15, 0.2) is 0 Å². The Morgan fingerprint density at radius 3 is 1.39 bits per heavy atom. The number of benzene rings is 2. The minimum atomic E-state index is -0.897. The predicted octanol–water partition coefficient (Wildman–Crippen LogP) is 2.68. The molecule has 0 heterocycles. The van der Waals surface area contributed by atoms with Crippen LogP contribution in [0, 0.1) is 0 Å². The van der Waals surface area contributed by atoms with E-state index in [0.29, 0.717) is 0 Å². The van der Waals surface area contributed by atoms with E-state index >= 15 is 0 Å². The first kappa shape index (κ1) is 11.8. The number of rotatable bonds is 2. The van der Waals surface area contributed by atoms with Crippen molar-refractivity contribution in [3.05, 3.63) is 48.5 Å². The molecule has 0 bridgehead atoms. The fourth-order valence-corrected chi connectivity index (χ4v) is 1.24. The molecular weight excluding hydrogens is 236 g/mol. The molecule has 2 rings (SSSR count). The van der Waals surface area contributed by atoms with Crippen molar-refractivity contribution in [1.29, 1.82) is 0 Å². The maximum atomic E-state index is 11.4. The van der Waals surface area contributed by atoms with Crippen LogP contribution in [0.25, 0.3) is 0 Å². The third-order valence-corrected chi connectivity index (χ3v) is 2.08. The van der Waals surface area contributed by atoms with Gasteiger partial charge in [-0.1, -0.05) is 0 Å². The summed E-state index contributed by atoms with van der Waals surface area (Å²) in [5.41, 5.74) is 0. The molecule has 0 aliphatic carbocycles. The van der Waals surface area contributed by atoms with E-state index in [1.165, 1.54) is 48.5 Å². The van der Waals surface area contributed by atoms with Gasteiger partial charge >= 0.3 is 6.16 Å². The zero-order valence-corrected chi connectivity index (χ0v) is 9.24. The minimum Gasteiger partial charge on any atom is -0.508 e. The maximum absolute atomic E-state index is 11.4. The summed E-state index contributed by atoms with van der Waals surface area (Å²) >= 11 is 0. The normalized spacial score (nSPS) is 9.78. The Labute approximate surface area is 103 Å². The average Bonchev–Trinajstić information content (AvgIpc) is 2.35. The molecule has 0 amide bonds. The van der Waals surface area contributed by atoms with E-state index in [1.54, 1.807) is 0 Å². The molecule has 2 aromatic carbocycles. The van der Waals surface area contributed by atoms with Crippen molar-refractivity contribution in [3.63, 3.8) is 0 Å². The van der Waals surface area contributed by atoms with E-state index in [-0.39, 0.29) is 23.0 Å². The Kier molecular flexibility index (Phi) is 3.33. The van der Waals surface area contributed by atoms with E-state index < -0.39 is 6.16 Å². The fraction of sp³-hybridized carbons (Fsp3) is 0. The standard InChI is InChI=1S/C13H10O5/c14-9-1-5-11(6-2-9)17-13(16)18-12-7-3-10(15)4-8-12/h1-8,14-15H. The minimum absolute atomic E-state index is 0.0780. The molecule has 2 N–H and O–H groups in total. The molecule has 0 atom stereocenters. The number of carbonyl (C=O) groups excluding carboxylic acids is 1. The van der Waals surface area contributed by atoms with Gasteiger partial charge in [-0.15, -0.1) is 0 Å². The van der Waals surface area contributed by atoms with E-state index in [0.717, 1.165) is 0 Å². The van der Waals surface area contributed by atoms with E-state index in [1.807, 2.05) is 0 Å². The van der Waals surface area contributed by atoms with Gasteiger partial charge in [-0.25, -0.2) is 4.79 Å². The van der Waals surface area contributed by atoms with Gasteiger partial charge in [0.2, 0.25) is 0 Å². The van der Waals surface area contributed by atoms with Crippen LogP contribution in [0.2, 0.25) is 0 Å². The molecule has 0 aliphatic rings. The van der Waals surface area contributed by atoms with Gasteiger partial charge in [-0.2, -0.15) is 0 Å². The van der Waals surface area contributed by atoms with Crippen LogP contribution in [0.5, 0.6) is 23.0 Å². The molecule has 92 valence electrons. The number of phenolic OH excluding ortho intramolecular Hbond substituents is 2. The number of aromatic hydroxyl groups is 2. The van der Waals surface area contributed by atoms with Crippen molar-refractivity contribution in [2.45, 2.75) is 0 Å². The summed E-state index contributed by atoms with van der Waals surface area (Å²) in [5.74, 6) is 0.677. The molecule has 0 aromatic heterocycles. The fourth-order valence-electron chi connectivity index (χ4n) is 1.24. The van der Waals surface area contributed by atoms with E-state index in [4.69, 9.17) is 19.7 Å². The van der Waals surface area contributed by atoms with Crippen LogP contribution in [-0.2, 0) is 0 Å². The van der Waals surface area contributed by atoms with Crippen LogP contribution in [0.15, 0.2) is 48.5 Å². The summed E-state index contributed by atoms with van der Waals surface area (Å²) in [6.07, 6.45) is -0.897. The maximum Gasteiger partial charge on any atom is 0.519 e. The number of hydrogen-bond donors (Lipinski definition) is 2. The molecule has 0 radical (unpaired) electrons. The molecule has 5 heteroatoms. The lowest BCUT2D eigenvalue weighted by Gasteiger charge is -2.05. The lowest BCUT2D eigenvalue weighted by atomic mass is 10.3. The second kappa shape index (κ2) is 5.09. The molecule has 5 nitrogen and oxygen atoms in total. The monoisotopic (exact) mass is 246 g/mol. The molecule has 0 saturated heterocycles. The van der Waals surface area contributed by atoms with Crippen molar-refractivity contribution in [3.8, 4) is 23.0 Å². The van der Waals surface area contributed by atoms with E-state index in [2.05, 4.69) is 0 Å². The van der Waals surface area contributed by atoms with Crippen LogP contribution in [0.1, 0.15) is 0 Å². The summed E-state index contributed by atoms with van der Waals surface area (Å²) < 4.78 is 9.74. The highest BCUT2D eigenvalue weighted by atomic mass is 16.7. The van der Waals surface area contributed by atoms with Crippen molar-refractivity contribution in [2.24, 2.45) is 0 Å². The second-order valence-corrected chi connectivity index (χ2v) is 3.44. The first-order chi connectivity index (χ1) is 8.63. The van der Waals surface area contributed by atoms with Crippen LogP contribution in [0.4, 0.5) is 4.79 Å². The van der Waals surface area contributed by atoms with Crippen LogP contribution < -0.4 is 9.47 Å². The summed E-state index contributed by atoms with van der Waals surface area (Å²) in [5, 5.41) is 18.1. The van der Waals surface area contributed by atoms with Gasteiger partial charge in [0.25, 0.3) is 0 Å². The Balaban J connectivity index is 1.96. The molecule has 0 unspecified atom stereocenters. The van der Waals surface area contributed by atoms with E-state index in [9.17, 15) is 4.79 Å². The van der Waals surface area contributed by atoms with Gasteiger partial charge in [0.1, 0.15) is 23.0 Å². The molecule has 2 aromatic rings. The summed E-state index contributed by atoms with van der Waals surface area (Å²) in [6.45, 7) is 0. The highest BCUT2D eigenvalue weighted by molar-refractivity contribution is 5.67. The first-order valence-corrected chi connectivity index (χ1v) is 5.11. The molecule has 0 fully saturated rings. The Morgan fingerprint density at radius 2 is 1.06 bits per heavy atom. The van der Waals surface area contributed by atoms with Crippen LogP contribution in [-0.4, -0.2) is 16.4 Å². The summed E-state index contributed by atoms with van der Waals surface area (Å²) in [7, 11) is 0. The smallest absolute Gasteiger partial charge is 0.508 e. The lowest BCUT2D eigenvalue weighted by molar-refractivity contribution is 0.152. The van der Waals surface area contributed by atoms with Crippen molar-refractivity contribution in [1.82, 2.24) is 0 Å². The Hall–Kier alpha value is -2.69. The number of phenols is 2. The van der Waals surface area contributed by atoms with Gasteiger partial charge < -0.3 is 19.7 Å². The third kappa shape index (κ3) is 3.15. The lowest BCUT2D eigenvalue weighted by Crippen LogP contribution is -2.13. The highest BCUT2D eigenvalue weighted by Gasteiger charge is 2.07. The molecular formula is C13H10O5. The number of ether oxygens (including phenoxy) is 2. The van der Waals surface area contributed by atoms with Gasteiger partial charge in [-0.3, -0.25) is 0 Å². The number of carbonyl (C=O) groups is 1. The molecule has 0 aliphatic heterocycles. The first-order valence-electron chi connectivity index (χ1n) is 5.11. The zero-order chi connectivity index (χ0) is 13.0. The summed E-state index contributed by atoms with van der Waals surface area (Å²) in [4.78, 5) is 11.4. The van der Waals surface area contributed by atoms with Crippen molar-refractivity contribution < 1.29 is 24.5 Å². The second-order valence-electron chi connectivity index (χ2n) is 3.44. The Bertz CT molecular complexity index is 481. The van der Waals surface area contributed by atoms with Crippen LogP contribution >= 0.6 is 0 Å². The van der Waals surface area contributed by atoms with Crippen molar-refractivity contribution >= 4 is 6.16 Å². The highest BCUT2D eigenvalue weighted by Crippen LogP contribution is 2.19. The molecule has 0 saturated carbocycles. The Morgan fingerprint density at radius 1 is 0.722 bits per heavy atom. The average molecular weight is 246 g/mol. The SMILES string of the molecule is O=C(Oc1ccc(O)cc1)Oc1ccc(O)cc1. The quantitative estimate of drug-likeness (QED) is 0.629. The van der Waals surface area contributed by atoms with Gasteiger partial charge in [-0.05, 0) is 48.5 Å². The zero-order valence-electron chi connectivity index (χ0n) is 9.24. The molecule has 18 heavy (non-hydrogen) atoms. The number of hydrogen-bond acceptors (Lipinski definition) is 5. The predicted molar refractivity (Wildman–Crippen MR) is 62.9 cm³/mol. The van der Waals surface area contributed by atoms with Crippen LogP contribution in [0.3, 0.4) is 0 Å². The topological polar surface area (TPSA) is 76.0 Å². The van der Waals surface area contributed by atoms with Gasteiger partial charge in [0.05, 0.1) is 0 Å². The van der Waals surface area contributed by atoms with Crippen molar-refractivity contribution in [2.75, 3.05) is 0 Å². The largest absolute Gasteiger partial charge is 0.519 e. The summed E-state index contributed by atoms with van der Waals surface area (Å²) in [6, 6.07) is 11.3. The van der Waals surface area contributed by atoms with Gasteiger partial charge in [0, 0.05) is 0 Å². The third-order valence-electron chi connectivity index (χ3n) is 2.08. The molecule has 0 spiro atoms.